The molecule has 0 saturated heterocycles. The SMILES string of the molecule is CCOC(=O)Cn1c(=NC(=O)Cc2ccc(S(=O)(=O)CC)cc2)sc2cc(C)c(C)cc21. The minimum atomic E-state index is -3.29. The Morgan fingerprint density at radius 3 is 2.34 bits per heavy atom. The molecule has 3 rings (SSSR count). The Bertz CT molecular complexity index is 1330. The number of benzene rings is 2. The van der Waals surface area contributed by atoms with E-state index in [1.165, 1.54) is 23.5 Å². The van der Waals surface area contributed by atoms with Crippen LogP contribution in [0.2, 0.25) is 0 Å². The monoisotopic (exact) mass is 474 g/mol. The van der Waals surface area contributed by atoms with Gasteiger partial charge < -0.3 is 9.30 Å². The molecule has 170 valence electrons. The number of sulfone groups is 1. The van der Waals surface area contributed by atoms with E-state index in [4.69, 9.17) is 4.74 Å². The summed E-state index contributed by atoms with van der Waals surface area (Å²) in [6, 6.07) is 10.3. The first kappa shape index (κ1) is 23.9. The lowest BCUT2D eigenvalue weighted by Crippen LogP contribution is -2.23. The molecule has 0 fully saturated rings. The van der Waals surface area contributed by atoms with Crippen molar-refractivity contribution in [3.05, 3.63) is 57.9 Å². The molecule has 0 N–H and O–H groups in total. The minimum absolute atomic E-state index is 0.0198. The number of esters is 1. The number of ether oxygens (including phenoxy) is 1. The predicted molar refractivity (Wildman–Crippen MR) is 124 cm³/mol. The number of rotatable bonds is 7. The molecular formula is C23H26N2O5S2. The number of thiazole rings is 1. The van der Waals surface area contributed by atoms with Gasteiger partial charge in [0.2, 0.25) is 0 Å². The molecule has 2 aromatic carbocycles. The average Bonchev–Trinajstić information content (AvgIpc) is 3.04. The van der Waals surface area contributed by atoms with Crippen LogP contribution in [-0.2, 0) is 37.1 Å². The van der Waals surface area contributed by atoms with E-state index >= 15 is 0 Å². The Kier molecular flexibility index (Phi) is 7.30. The van der Waals surface area contributed by atoms with Gasteiger partial charge in [-0.25, -0.2) is 8.42 Å². The Balaban J connectivity index is 1.95. The summed E-state index contributed by atoms with van der Waals surface area (Å²) in [6.45, 7) is 7.57. The smallest absolute Gasteiger partial charge is 0.326 e. The van der Waals surface area contributed by atoms with Crippen LogP contribution in [0.25, 0.3) is 10.2 Å². The van der Waals surface area contributed by atoms with E-state index in [-0.39, 0.29) is 36.1 Å². The van der Waals surface area contributed by atoms with Crippen LogP contribution < -0.4 is 4.80 Å². The number of aryl methyl sites for hydroxylation is 2. The van der Waals surface area contributed by atoms with Gasteiger partial charge >= 0.3 is 5.97 Å². The third kappa shape index (κ3) is 5.34. The first-order valence-corrected chi connectivity index (χ1v) is 12.8. The van der Waals surface area contributed by atoms with Gasteiger partial charge in [-0.3, -0.25) is 9.59 Å². The van der Waals surface area contributed by atoms with Gasteiger partial charge in [-0.15, -0.1) is 0 Å². The first-order chi connectivity index (χ1) is 15.1. The number of amides is 1. The van der Waals surface area contributed by atoms with E-state index in [0.717, 1.165) is 21.3 Å². The van der Waals surface area contributed by atoms with E-state index in [2.05, 4.69) is 4.99 Å². The van der Waals surface area contributed by atoms with Crippen LogP contribution in [-0.4, -0.2) is 37.2 Å². The molecular weight excluding hydrogens is 448 g/mol. The van der Waals surface area contributed by atoms with E-state index in [0.29, 0.717) is 10.4 Å². The average molecular weight is 475 g/mol. The van der Waals surface area contributed by atoms with Crippen LogP contribution in [0.15, 0.2) is 46.3 Å². The molecule has 0 aliphatic heterocycles. The van der Waals surface area contributed by atoms with Crippen molar-refractivity contribution in [2.24, 2.45) is 4.99 Å². The van der Waals surface area contributed by atoms with Gasteiger partial charge in [0, 0.05) is 0 Å². The molecule has 0 aliphatic rings. The highest BCUT2D eigenvalue weighted by Crippen LogP contribution is 2.22. The fourth-order valence-corrected chi connectivity index (χ4v) is 5.21. The van der Waals surface area contributed by atoms with Crippen LogP contribution in [0, 0.1) is 13.8 Å². The molecule has 3 aromatic rings. The number of nitrogens with zero attached hydrogens (tertiary/aromatic N) is 2. The second-order valence-electron chi connectivity index (χ2n) is 7.41. The summed E-state index contributed by atoms with van der Waals surface area (Å²) in [6.07, 6.45) is 0.0260. The molecule has 0 bridgehead atoms. The summed E-state index contributed by atoms with van der Waals surface area (Å²) in [5.41, 5.74) is 3.68. The number of aromatic nitrogens is 1. The molecule has 1 amide bonds. The van der Waals surface area contributed by atoms with Crippen molar-refractivity contribution in [2.75, 3.05) is 12.4 Å². The zero-order valence-electron chi connectivity index (χ0n) is 18.5. The van der Waals surface area contributed by atoms with Crippen molar-refractivity contribution in [2.45, 2.75) is 45.6 Å². The Morgan fingerprint density at radius 2 is 1.72 bits per heavy atom. The molecule has 1 aromatic heterocycles. The largest absolute Gasteiger partial charge is 0.465 e. The fourth-order valence-electron chi connectivity index (χ4n) is 3.20. The number of hydrogen-bond acceptors (Lipinski definition) is 6. The highest BCUT2D eigenvalue weighted by molar-refractivity contribution is 7.91. The van der Waals surface area contributed by atoms with Crippen molar-refractivity contribution >= 4 is 43.3 Å². The van der Waals surface area contributed by atoms with Gasteiger partial charge in [0.05, 0.1) is 33.9 Å². The molecule has 0 unspecified atom stereocenters. The summed E-state index contributed by atoms with van der Waals surface area (Å²) in [5.74, 6) is -0.757. The van der Waals surface area contributed by atoms with E-state index in [9.17, 15) is 18.0 Å². The normalized spacial score (nSPS) is 12.3. The first-order valence-electron chi connectivity index (χ1n) is 10.3. The highest BCUT2D eigenvalue weighted by Gasteiger charge is 2.15. The molecule has 32 heavy (non-hydrogen) atoms. The van der Waals surface area contributed by atoms with Crippen LogP contribution >= 0.6 is 11.3 Å². The maximum absolute atomic E-state index is 12.7. The fraction of sp³-hybridized carbons (Fsp3) is 0.348. The summed E-state index contributed by atoms with van der Waals surface area (Å²) in [7, 11) is -3.29. The van der Waals surface area contributed by atoms with Crippen LogP contribution in [0.5, 0.6) is 0 Å². The maximum atomic E-state index is 12.7. The van der Waals surface area contributed by atoms with Gasteiger partial charge in [-0.2, -0.15) is 4.99 Å². The number of hydrogen-bond donors (Lipinski definition) is 0. The lowest BCUT2D eigenvalue weighted by atomic mass is 10.1. The third-order valence-corrected chi connectivity index (χ3v) is 7.92. The third-order valence-electron chi connectivity index (χ3n) is 5.13. The van der Waals surface area contributed by atoms with Crippen LogP contribution in [0.3, 0.4) is 0 Å². The molecule has 0 radical (unpaired) electrons. The van der Waals surface area contributed by atoms with Crippen molar-refractivity contribution in [1.82, 2.24) is 4.57 Å². The van der Waals surface area contributed by atoms with Crippen molar-refractivity contribution in [3.63, 3.8) is 0 Å². The molecule has 1 heterocycles. The zero-order chi connectivity index (χ0) is 23.5. The Morgan fingerprint density at radius 1 is 1.06 bits per heavy atom. The number of fused-ring (bicyclic) bond motifs is 1. The number of carbonyl (C=O) groups excluding carboxylic acids is 2. The molecule has 0 saturated carbocycles. The Labute approximate surface area is 191 Å². The molecule has 9 heteroatoms. The molecule has 0 spiro atoms. The van der Waals surface area contributed by atoms with Gasteiger partial charge in [-0.1, -0.05) is 30.4 Å². The lowest BCUT2D eigenvalue weighted by molar-refractivity contribution is -0.143. The summed E-state index contributed by atoms with van der Waals surface area (Å²) >= 11 is 1.34. The van der Waals surface area contributed by atoms with Crippen molar-refractivity contribution in [1.29, 1.82) is 0 Å². The standard InChI is InChI=1S/C23H26N2O5S2/c1-5-30-22(27)14-25-19-11-15(3)16(4)12-20(19)31-23(25)24-21(26)13-17-7-9-18(10-8-17)32(28,29)6-2/h7-12H,5-6,13-14H2,1-4H3. The zero-order valence-corrected chi connectivity index (χ0v) is 20.2. The van der Waals surface area contributed by atoms with Gasteiger partial charge in [0.15, 0.2) is 14.6 Å². The predicted octanol–water partition coefficient (Wildman–Crippen LogP) is 3.35. The number of carbonyl (C=O) groups is 2. The minimum Gasteiger partial charge on any atom is -0.465 e. The van der Waals surface area contributed by atoms with E-state index < -0.39 is 15.8 Å². The molecule has 0 aliphatic carbocycles. The lowest BCUT2D eigenvalue weighted by Gasteiger charge is -2.06. The van der Waals surface area contributed by atoms with Crippen molar-refractivity contribution < 1.29 is 22.7 Å². The quantitative estimate of drug-likeness (QED) is 0.490. The maximum Gasteiger partial charge on any atom is 0.326 e. The second kappa shape index (κ2) is 9.79. The van der Waals surface area contributed by atoms with E-state index in [1.54, 1.807) is 30.5 Å². The second-order valence-corrected chi connectivity index (χ2v) is 10.7. The van der Waals surface area contributed by atoms with Crippen molar-refractivity contribution in [3.8, 4) is 0 Å². The van der Waals surface area contributed by atoms with Gasteiger partial charge in [0.25, 0.3) is 5.91 Å². The topological polar surface area (TPSA) is 94.8 Å². The highest BCUT2D eigenvalue weighted by atomic mass is 32.2. The summed E-state index contributed by atoms with van der Waals surface area (Å²) < 4.78 is 31.6. The van der Waals surface area contributed by atoms with Crippen LogP contribution in [0.1, 0.15) is 30.5 Å². The van der Waals surface area contributed by atoms with Gasteiger partial charge in [-0.05, 0) is 61.7 Å². The summed E-state index contributed by atoms with van der Waals surface area (Å²) in [4.78, 5) is 29.8. The van der Waals surface area contributed by atoms with Crippen LogP contribution in [0.4, 0.5) is 0 Å². The Hall–Kier alpha value is -2.78. The van der Waals surface area contributed by atoms with Gasteiger partial charge in [0.1, 0.15) is 6.54 Å². The summed E-state index contributed by atoms with van der Waals surface area (Å²) in [5, 5.41) is 0. The van der Waals surface area contributed by atoms with E-state index in [1.807, 2.05) is 26.0 Å². The molecule has 0 atom stereocenters. The molecule has 7 nitrogen and oxygen atoms in total.